The van der Waals surface area contributed by atoms with Crippen molar-refractivity contribution in [1.82, 2.24) is 0 Å². The van der Waals surface area contributed by atoms with Gasteiger partial charge in [0.2, 0.25) is 6.54 Å². The lowest BCUT2D eigenvalue weighted by Gasteiger charge is -2.25. The van der Waals surface area contributed by atoms with Gasteiger partial charge >= 0.3 is 7.82 Å². The summed E-state index contributed by atoms with van der Waals surface area (Å²) in [4.78, 5) is 3.17. The van der Waals surface area contributed by atoms with Gasteiger partial charge < -0.3 is 14.3 Å². The largest absolute Gasteiger partial charge is 0.475 e. The Morgan fingerprint density at radius 1 is 1.30 bits per heavy atom. The van der Waals surface area contributed by atoms with Gasteiger partial charge in [-0.2, -0.15) is 0 Å². The van der Waals surface area contributed by atoms with Crippen LogP contribution >= 0.6 is 7.82 Å². The molecule has 8 heteroatoms. The van der Waals surface area contributed by atoms with E-state index in [4.69, 9.17) is 29.6 Å². The normalized spacial score (nSPS) is 27.3. The predicted octanol–water partition coefficient (Wildman–Crippen LogP) is 3.44. The first-order valence-electron chi connectivity index (χ1n) is 7.97. The highest BCUT2D eigenvalue weighted by atomic mass is 31.2. The van der Waals surface area contributed by atoms with Crippen LogP contribution in [0.15, 0.2) is 0 Å². The van der Waals surface area contributed by atoms with E-state index in [1.165, 1.54) is 0 Å². The molecule has 7 nitrogen and oxygen atoms in total. The third kappa shape index (κ3) is 7.75. The molecule has 0 aromatic rings. The fraction of sp³-hybridized carbons (Fsp3) is 0.933. The van der Waals surface area contributed by atoms with E-state index < -0.39 is 13.9 Å². The van der Waals surface area contributed by atoms with E-state index >= 15 is 0 Å². The molecule has 0 aliphatic carbocycles. The highest BCUT2D eigenvalue weighted by molar-refractivity contribution is 7.48. The zero-order chi connectivity index (χ0) is 17.5. The van der Waals surface area contributed by atoms with Gasteiger partial charge in [0.25, 0.3) is 0 Å². The molecule has 23 heavy (non-hydrogen) atoms. The van der Waals surface area contributed by atoms with Crippen LogP contribution in [0.4, 0.5) is 0 Å². The van der Waals surface area contributed by atoms with Crippen LogP contribution in [-0.2, 0) is 27.6 Å². The first-order valence-corrected chi connectivity index (χ1v) is 9.43. The van der Waals surface area contributed by atoms with E-state index in [9.17, 15) is 4.57 Å². The molecule has 0 saturated carbocycles. The highest BCUT2D eigenvalue weighted by Crippen LogP contribution is 2.53. The third-order valence-corrected chi connectivity index (χ3v) is 4.74. The molecule has 1 fully saturated rings. The lowest BCUT2D eigenvalue weighted by atomic mass is 10.1. The summed E-state index contributed by atoms with van der Waals surface area (Å²) in [6.45, 7) is 16.5. The summed E-state index contributed by atoms with van der Waals surface area (Å²) >= 11 is 0. The summed E-state index contributed by atoms with van der Waals surface area (Å²) in [5.74, 6) is 0. The first-order chi connectivity index (χ1) is 10.8. The van der Waals surface area contributed by atoms with Gasteiger partial charge in [0.1, 0.15) is 18.8 Å². The number of hydrogen-bond acceptors (Lipinski definition) is 6. The Labute approximate surface area is 139 Å². The predicted molar refractivity (Wildman–Crippen MR) is 86.2 cm³/mol. The van der Waals surface area contributed by atoms with Gasteiger partial charge in [-0.15, -0.1) is 0 Å². The lowest BCUT2D eigenvalue weighted by Crippen LogP contribution is -2.30. The molecule has 0 spiro atoms. The number of phosphoric acid groups is 1. The molecule has 0 radical (unpaired) electrons. The molecule has 1 aliphatic heterocycles. The van der Waals surface area contributed by atoms with Gasteiger partial charge in [0.05, 0.1) is 24.9 Å². The lowest BCUT2D eigenvalue weighted by molar-refractivity contribution is -0.0577. The molecule has 0 aromatic carbocycles. The zero-order valence-corrected chi connectivity index (χ0v) is 15.5. The van der Waals surface area contributed by atoms with Gasteiger partial charge in [0, 0.05) is 6.42 Å². The molecule has 1 aliphatic rings. The van der Waals surface area contributed by atoms with Gasteiger partial charge in [-0.1, -0.05) is 0 Å². The summed E-state index contributed by atoms with van der Waals surface area (Å²) in [6, 6.07) is 0. The minimum absolute atomic E-state index is 0.00376. The number of phosphoric ester groups is 1. The van der Waals surface area contributed by atoms with Gasteiger partial charge in [-0.05, 0) is 34.6 Å². The Balaban J connectivity index is 2.71. The maximum Gasteiger partial charge on any atom is 0.475 e. The number of ether oxygens (including phenoxy) is 2. The third-order valence-electron chi connectivity index (χ3n) is 3.04. The van der Waals surface area contributed by atoms with E-state index in [1.807, 2.05) is 20.8 Å². The Bertz CT molecular complexity index is 436. The smallest absolute Gasteiger partial charge is 0.376 e. The molecule has 0 aromatic heterocycles. The van der Waals surface area contributed by atoms with Crippen molar-refractivity contribution >= 4 is 7.82 Å². The second kappa shape index (κ2) is 9.73. The maximum absolute atomic E-state index is 12.8. The molecule has 4 atom stereocenters. The summed E-state index contributed by atoms with van der Waals surface area (Å²) in [5.41, 5.74) is 0. The molecule has 1 rings (SSSR count). The van der Waals surface area contributed by atoms with Crippen LogP contribution in [0.1, 0.15) is 41.0 Å². The second-order valence-electron chi connectivity index (χ2n) is 6.06. The van der Waals surface area contributed by atoms with Crippen molar-refractivity contribution < 1.29 is 27.6 Å². The Morgan fingerprint density at radius 3 is 2.57 bits per heavy atom. The molecule has 1 unspecified atom stereocenters. The van der Waals surface area contributed by atoms with Gasteiger partial charge in [0.15, 0.2) is 0 Å². The topological polar surface area (TPSA) is 67.6 Å². The van der Waals surface area contributed by atoms with Crippen LogP contribution in [0.25, 0.3) is 4.85 Å². The molecule has 0 N–H and O–H groups in total. The Hall–Kier alpha value is -0.480. The number of nitrogens with zero attached hydrogens (tertiary/aromatic N) is 1. The van der Waals surface area contributed by atoms with Crippen molar-refractivity contribution in [3.8, 4) is 0 Å². The number of rotatable bonds is 10. The van der Waals surface area contributed by atoms with Crippen molar-refractivity contribution in [2.75, 3.05) is 19.8 Å². The Morgan fingerprint density at radius 2 is 2.00 bits per heavy atom. The minimum atomic E-state index is -3.74. The summed E-state index contributed by atoms with van der Waals surface area (Å²) < 4.78 is 40.4. The minimum Gasteiger partial charge on any atom is -0.376 e. The van der Waals surface area contributed by atoms with Crippen LogP contribution in [-0.4, -0.2) is 50.3 Å². The van der Waals surface area contributed by atoms with E-state index in [-0.39, 0.29) is 37.6 Å². The van der Waals surface area contributed by atoms with Crippen LogP contribution in [0.5, 0.6) is 0 Å². The SMILES string of the molecule is [C-]#[N+]CCOP(=O)(OC(C)C)O[C@@H]1C[C@H](C)O[C@@H]1COC(C)C. The van der Waals surface area contributed by atoms with Crippen molar-refractivity contribution in [1.29, 1.82) is 0 Å². The molecular formula is C15H28NO6P. The average molecular weight is 349 g/mol. The monoisotopic (exact) mass is 349 g/mol. The number of hydrogen-bond donors (Lipinski definition) is 0. The standard InChI is InChI=1S/C15H28NO6P/c1-11(2)18-10-15-14(9-13(5)20-15)22-23(17,21-12(3)4)19-8-7-16-6/h11-15H,7-10H2,1-5H3/t13-,14+,15+,23?/m0/s1. The van der Waals surface area contributed by atoms with Crippen LogP contribution in [0, 0.1) is 6.57 Å². The summed E-state index contributed by atoms with van der Waals surface area (Å²) in [5, 5.41) is 0. The summed E-state index contributed by atoms with van der Waals surface area (Å²) in [6.07, 6.45) is -0.426. The van der Waals surface area contributed by atoms with Crippen molar-refractivity contribution in [2.45, 2.75) is 71.6 Å². The molecule has 1 heterocycles. The molecule has 0 bridgehead atoms. The first kappa shape index (κ1) is 20.6. The van der Waals surface area contributed by atoms with E-state index in [0.717, 1.165) is 0 Å². The molecule has 134 valence electrons. The maximum atomic E-state index is 12.8. The van der Waals surface area contributed by atoms with Gasteiger partial charge in [-0.25, -0.2) is 11.1 Å². The fourth-order valence-corrected chi connectivity index (χ4v) is 3.72. The van der Waals surface area contributed by atoms with E-state index in [1.54, 1.807) is 13.8 Å². The van der Waals surface area contributed by atoms with Crippen LogP contribution in [0.2, 0.25) is 0 Å². The van der Waals surface area contributed by atoms with Crippen molar-refractivity contribution in [3.63, 3.8) is 0 Å². The Kier molecular flexibility index (Phi) is 8.70. The fourth-order valence-electron chi connectivity index (χ4n) is 2.17. The zero-order valence-electron chi connectivity index (χ0n) is 14.6. The van der Waals surface area contributed by atoms with Gasteiger partial charge in [-0.3, -0.25) is 13.6 Å². The average Bonchev–Trinajstić information content (AvgIpc) is 2.75. The molecule has 0 amide bonds. The quantitative estimate of drug-likeness (QED) is 0.342. The van der Waals surface area contributed by atoms with Crippen LogP contribution in [0.3, 0.4) is 0 Å². The van der Waals surface area contributed by atoms with Crippen LogP contribution < -0.4 is 0 Å². The van der Waals surface area contributed by atoms with E-state index in [2.05, 4.69) is 4.85 Å². The molecule has 1 saturated heterocycles. The van der Waals surface area contributed by atoms with Crippen molar-refractivity contribution in [2.24, 2.45) is 0 Å². The highest BCUT2D eigenvalue weighted by Gasteiger charge is 2.41. The van der Waals surface area contributed by atoms with Crippen molar-refractivity contribution in [3.05, 3.63) is 11.4 Å². The molecular weight excluding hydrogens is 321 g/mol. The summed E-state index contributed by atoms with van der Waals surface area (Å²) in [7, 11) is -3.74. The van der Waals surface area contributed by atoms with E-state index in [0.29, 0.717) is 13.0 Å². The second-order valence-corrected chi connectivity index (χ2v) is 7.64.